The molecule has 1 heterocycles. The average Bonchev–Trinajstić information content (AvgIpc) is 2.95. The Bertz CT molecular complexity index is 577. The fraction of sp³-hybridized carbons (Fsp3) is 0.500. The van der Waals surface area contributed by atoms with Gasteiger partial charge in [-0.3, -0.25) is 4.79 Å². The van der Waals surface area contributed by atoms with Gasteiger partial charge in [0, 0.05) is 19.6 Å². The summed E-state index contributed by atoms with van der Waals surface area (Å²) in [4.78, 5) is 11.8. The minimum absolute atomic E-state index is 0.0268. The molecule has 0 aromatic heterocycles. The molecule has 1 atom stereocenters. The van der Waals surface area contributed by atoms with Crippen molar-refractivity contribution >= 4 is 15.9 Å². The normalized spacial score (nSPS) is 18.6. The van der Waals surface area contributed by atoms with E-state index in [-0.39, 0.29) is 16.9 Å². The van der Waals surface area contributed by atoms with Crippen molar-refractivity contribution in [1.82, 2.24) is 5.32 Å². The Kier molecular flexibility index (Phi) is 5.33. The predicted molar refractivity (Wildman–Crippen MR) is 78.1 cm³/mol. The molecule has 0 radical (unpaired) electrons. The van der Waals surface area contributed by atoms with E-state index in [1.165, 1.54) is 12.1 Å². The lowest BCUT2D eigenvalue weighted by Gasteiger charge is -2.10. The largest absolute Gasteiger partial charge is 0.376 e. The number of carbonyl (C=O) groups excluding carboxylic acids is 1. The van der Waals surface area contributed by atoms with Crippen molar-refractivity contribution in [2.24, 2.45) is 5.14 Å². The summed E-state index contributed by atoms with van der Waals surface area (Å²) in [5.74, 6) is -0.0268. The summed E-state index contributed by atoms with van der Waals surface area (Å²) in [6.07, 6.45) is 3.11. The molecule has 0 aliphatic carbocycles. The molecule has 3 N–H and O–H groups in total. The summed E-state index contributed by atoms with van der Waals surface area (Å²) in [5.41, 5.74) is 0.898. The predicted octanol–water partition coefficient (Wildman–Crippen LogP) is 0.562. The highest BCUT2D eigenvalue weighted by molar-refractivity contribution is 7.89. The van der Waals surface area contributed by atoms with E-state index in [2.05, 4.69) is 5.32 Å². The van der Waals surface area contributed by atoms with Crippen molar-refractivity contribution in [2.75, 3.05) is 13.2 Å². The summed E-state index contributed by atoms with van der Waals surface area (Å²) >= 11 is 0. The molecule has 7 heteroatoms. The number of primary sulfonamides is 1. The van der Waals surface area contributed by atoms with E-state index < -0.39 is 10.0 Å². The highest BCUT2D eigenvalue weighted by Gasteiger charge is 2.16. The van der Waals surface area contributed by atoms with Gasteiger partial charge in [-0.05, 0) is 37.0 Å². The maximum absolute atomic E-state index is 11.7. The van der Waals surface area contributed by atoms with Gasteiger partial charge in [-0.1, -0.05) is 12.1 Å². The van der Waals surface area contributed by atoms with E-state index in [0.717, 1.165) is 25.0 Å². The lowest BCUT2D eigenvalue weighted by atomic mass is 10.1. The van der Waals surface area contributed by atoms with Crippen molar-refractivity contribution in [3.8, 4) is 0 Å². The lowest BCUT2D eigenvalue weighted by Crippen LogP contribution is -2.31. The summed E-state index contributed by atoms with van der Waals surface area (Å²) < 4.78 is 27.7. The van der Waals surface area contributed by atoms with Gasteiger partial charge in [0.05, 0.1) is 11.0 Å². The molecule has 1 aliphatic rings. The molecule has 116 valence electrons. The first-order valence-electron chi connectivity index (χ1n) is 6.95. The van der Waals surface area contributed by atoms with Gasteiger partial charge in [0.1, 0.15) is 0 Å². The molecule has 0 saturated carbocycles. The zero-order chi connectivity index (χ0) is 15.3. The highest BCUT2D eigenvalue weighted by Crippen LogP contribution is 2.12. The van der Waals surface area contributed by atoms with Gasteiger partial charge >= 0.3 is 0 Å². The van der Waals surface area contributed by atoms with Crippen molar-refractivity contribution in [3.05, 3.63) is 29.8 Å². The number of aryl methyl sites for hydroxylation is 1. The van der Waals surface area contributed by atoms with E-state index >= 15 is 0 Å². The Morgan fingerprint density at radius 1 is 1.33 bits per heavy atom. The third kappa shape index (κ3) is 5.11. The first kappa shape index (κ1) is 15.9. The van der Waals surface area contributed by atoms with Gasteiger partial charge in [-0.25, -0.2) is 13.6 Å². The molecular formula is C14H20N2O4S. The van der Waals surface area contributed by atoms with Crippen LogP contribution in [0.2, 0.25) is 0 Å². The Hall–Kier alpha value is -1.44. The van der Waals surface area contributed by atoms with Crippen LogP contribution in [-0.2, 0) is 26.0 Å². The SMILES string of the molecule is NS(=O)(=O)c1ccc(CCC(=O)NC[C@H]2CCCO2)cc1. The van der Waals surface area contributed by atoms with Crippen LogP contribution in [0.1, 0.15) is 24.8 Å². The summed E-state index contributed by atoms with van der Waals surface area (Å²) in [6.45, 7) is 1.33. The number of nitrogens with two attached hydrogens (primary N) is 1. The average molecular weight is 312 g/mol. The van der Waals surface area contributed by atoms with Crippen molar-refractivity contribution in [3.63, 3.8) is 0 Å². The molecule has 0 spiro atoms. The number of hydrogen-bond acceptors (Lipinski definition) is 4. The van der Waals surface area contributed by atoms with Crippen molar-refractivity contribution in [2.45, 2.75) is 36.7 Å². The number of ether oxygens (including phenoxy) is 1. The number of sulfonamides is 1. The van der Waals surface area contributed by atoms with Gasteiger partial charge in [0.15, 0.2) is 0 Å². The molecule has 1 aliphatic heterocycles. The van der Waals surface area contributed by atoms with Crippen LogP contribution in [0.5, 0.6) is 0 Å². The smallest absolute Gasteiger partial charge is 0.238 e. The number of hydrogen-bond donors (Lipinski definition) is 2. The molecule has 0 bridgehead atoms. The molecule has 1 fully saturated rings. The van der Waals surface area contributed by atoms with E-state index in [1.54, 1.807) is 12.1 Å². The van der Waals surface area contributed by atoms with Crippen LogP contribution in [0.15, 0.2) is 29.2 Å². The van der Waals surface area contributed by atoms with E-state index in [4.69, 9.17) is 9.88 Å². The molecule has 6 nitrogen and oxygen atoms in total. The van der Waals surface area contributed by atoms with Gasteiger partial charge in [0.2, 0.25) is 15.9 Å². The van der Waals surface area contributed by atoms with Crippen LogP contribution in [-0.4, -0.2) is 33.6 Å². The summed E-state index contributed by atoms with van der Waals surface area (Å²) in [6, 6.07) is 6.25. The fourth-order valence-electron chi connectivity index (χ4n) is 2.23. The second-order valence-corrected chi connectivity index (χ2v) is 6.69. The van der Waals surface area contributed by atoms with Gasteiger partial charge < -0.3 is 10.1 Å². The van der Waals surface area contributed by atoms with Crippen LogP contribution in [0.3, 0.4) is 0 Å². The van der Waals surface area contributed by atoms with Crippen LogP contribution >= 0.6 is 0 Å². The van der Waals surface area contributed by atoms with Gasteiger partial charge in [-0.2, -0.15) is 0 Å². The van der Waals surface area contributed by atoms with Crippen LogP contribution < -0.4 is 10.5 Å². The number of nitrogens with one attached hydrogen (secondary N) is 1. The molecule has 1 amide bonds. The molecule has 2 rings (SSSR count). The number of amides is 1. The Labute approximate surface area is 124 Å². The minimum atomic E-state index is -3.66. The van der Waals surface area contributed by atoms with Crippen LogP contribution in [0.4, 0.5) is 0 Å². The molecular weight excluding hydrogens is 292 g/mol. The lowest BCUT2D eigenvalue weighted by molar-refractivity contribution is -0.121. The molecule has 21 heavy (non-hydrogen) atoms. The standard InChI is InChI=1S/C14H20N2O4S/c15-21(18,19)13-6-3-11(4-7-13)5-8-14(17)16-10-12-2-1-9-20-12/h3-4,6-7,12H,1-2,5,8-10H2,(H,16,17)(H2,15,18,19)/t12-/m1/s1. The molecule has 1 aromatic carbocycles. The fourth-order valence-corrected chi connectivity index (χ4v) is 2.74. The van der Waals surface area contributed by atoms with Crippen LogP contribution in [0, 0.1) is 0 Å². The van der Waals surface area contributed by atoms with Crippen LogP contribution in [0.25, 0.3) is 0 Å². The zero-order valence-corrected chi connectivity index (χ0v) is 12.6. The summed E-state index contributed by atoms with van der Waals surface area (Å²) in [5, 5.41) is 7.88. The Balaban J connectivity index is 1.75. The van der Waals surface area contributed by atoms with E-state index in [1.807, 2.05) is 0 Å². The van der Waals surface area contributed by atoms with E-state index in [0.29, 0.717) is 19.4 Å². The van der Waals surface area contributed by atoms with Crippen molar-refractivity contribution < 1.29 is 17.9 Å². The van der Waals surface area contributed by atoms with Crippen molar-refractivity contribution in [1.29, 1.82) is 0 Å². The molecule has 1 aromatic rings. The second kappa shape index (κ2) is 7.02. The maximum Gasteiger partial charge on any atom is 0.238 e. The van der Waals surface area contributed by atoms with Gasteiger partial charge in [-0.15, -0.1) is 0 Å². The number of carbonyl (C=O) groups is 1. The highest BCUT2D eigenvalue weighted by atomic mass is 32.2. The zero-order valence-electron chi connectivity index (χ0n) is 11.7. The maximum atomic E-state index is 11.7. The molecule has 1 saturated heterocycles. The topological polar surface area (TPSA) is 98.5 Å². The Morgan fingerprint density at radius 2 is 2.05 bits per heavy atom. The second-order valence-electron chi connectivity index (χ2n) is 5.13. The quantitative estimate of drug-likeness (QED) is 0.802. The van der Waals surface area contributed by atoms with Gasteiger partial charge in [0.25, 0.3) is 0 Å². The third-order valence-corrected chi connectivity index (χ3v) is 4.37. The number of rotatable bonds is 6. The monoisotopic (exact) mass is 312 g/mol. The van der Waals surface area contributed by atoms with E-state index in [9.17, 15) is 13.2 Å². The first-order chi connectivity index (χ1) is 9.95. The minimum Gasteiger partial charge on any atom is -0.376 e. The first-order valence-corrected chi connectivity index (χ1v) is 8.50. The summed E-state index contributed by atoms with van der Waals surface area (Å²) in [7, 11) is -3.66. The Morgan fingerprint density at radius 3 is 2.62 bits per heavy atom. The third-order valence-electron chi connectivity index (χ3n) is 3.44. The number of benzene rings is 1. The molecule has 0 unspecified atom stereocenters.